The second kappa shape index (κ2) is 9.56. The Kier molecular flexibility index (Phi) is 6.59. The second-order valence-electron chi connectivity index (χ2n) is 9.09. The summed E-state index contributed by atoms with van der Waals surface area (Å²) in [4.78, 5) is 0. The number of benzene rings is 3. The SMILES string of the molecule is CCCC1CCC(c2ccc(C(c3ccc(O)cc3O)c3ccc(O)cc3O)cc2)CC1. The average Bonchev–Trinajstić information content (AvgIpc) is 2.78. The molecule has 1 fully saturated rings. The Morgan fingerprint density at radius 1 is 0.719 bits per heavy atom. The quantitative estimate of drug-likeness (QED) is 0.324. The van der Waals surface area contributed by atoms with Crippen molar-refractivity contribution in [3.05, 3.63) is 82.9 Å². The van der Waals surface area contributed by atoms with Crippen LogP contribution in [0.3, 0.4) is 0 Å². The highest BCUT2D eigenvalue weighted by atomic mass is 16.3. The van der Waals surface area contributed by atoms with E-state index in [1.54, 1.807) is 12.1 Å². The average molecular weight is 433 g/mol. The van der Waals surface area contributed by atoms with Gasteiger partial charge >= 0.3 is 0 Å². The van der Waals surface area contributed by atoms with Crippen LogP contribution in [0.25, 0.3) is 0 Å². The van der Waals surface area contributed by atoms with Crippen molar-refractivity contribution in [2.75, 3.05) is 0 Å². The van der Waals surface area contributed by atoms with Gasteiger partial charge in [-0.3, -0.25) is 0 Å². The highest BCUT2D eigenvalue weighted by molar-refractivity contribution is 5.55. The third kappa shape index (κ3) is 4.69. The standard InChI is InChI=1S/C28H32O4/c1-2-3-18-4-6-19(7-5-18)20-8-10-21(11-9-20)28(24-14-12-22(29)16-26(24)31)25-15-13-23(30)17-27(25)32/h8-19,28-32H,2-7H2,1H3. The predicted molar refractivity (Wildman–Crippen MR) is 127 cm³/mol. The molecule has 0 heterocycles. The Balaban J connectivity index is 1.66. The molecule has 0 amide bonds. The molecule has 0 aromatic heterocycles. The molecule has 168 valence electrons. The lowest BCUT2D eigenvalue weighted by molar-refractivity contribution is 0.308. The van der Waals surface area contributed by atoms with E-state index in [9.17, 15) is 20.4 Å². The van der Waals surface area contributed by atoms with Crippen molar-refractivity contribution in [2.24, 2.45) is 5.92 Å². The van der Waals surface area contributed by atoms with Crippen LogP contribution in [0.1, 0.15) is 79.5 Å². The van der Waals surface area contributed by atoms with E-state index in [0.717, 1.165) is 11.5 Å². The van der Waals surface area contributed by atoms with E-state index in [0.29, 0.717) is 17.0 Å². The molecule has 3 aromatic rings. The van der Waals surface area contributed by atoms with Gasteiger partial charge in [0.15, 0.2) is 0 Å². The number of hydrogen-bond acceptors (Lipinski definition) is 4. The molecule has 1 aliphatic rings. The van der Waals surface area contributed by atoms with Crippen molar-refractivity contribution in [1.29, 1.82) is 0 Å². The highest BCUT2D eigenvalue weighted by Gasteiger charge is 2.25. The van der Waals surface area contributed by atoms with Crippen molar-refractivity contribution in [3.63, 3.8) is 0 Å². The number of phenolic OH excluding ortho intramolecular Hbond substituents is 4. The molecule has 4 nitrogen and oxygen atoms in total. The summed E-state index contributed by atoms with van der Waals surface area (Å²) in [6.07, 6.45) is 7.65. The summed E-state index contributed by atoms with van der Waals surface area (Å²) in [5.41, 5.74) is 3.43. The molecular formula is C28H32O4. The first-order valence-electron chi connectivity index (χ1n) is 11.6. The summed E-state index contributed by atoms with van der Waals surface area (Å²) < 4.78 is 0. The van der Waals surface area contributed by atoms with Crippen molar-refractivity contribution >= 4 is 0 Å². The summed E-state index contributed by atoms with van der Waals surface area (Å²) in [5.74, 6) is 0.893. The molecule has 0 radical (unpaired) electrons. The lowest BCUT2D eigenvalue weighted by atomic mass is 9.76. The van der Waals surface area contributed by atoms with Crippen LogP contribution in [0, 0.1) is 5.92 Å². The summed E-state index contributed by atoms with van der Waals surface area (Å²) in [7, 11) is 0. The molecule has 1 aliphatic carbocycles. The lowest BCUT2D eigenvalue weighted by Crippen LogP contribution is -2.13. The molecule has 3 aromatic carbocycles. The van der Waals surface area contributed by atoms with E-state index >= 15 is 0 Å². The summed E-state index contributed by atoms with van der Waals surface area (Å²) in [6.45, 7) is 2.26. The molecule has 1 saturated carbocycles. The molecule has 4 rings (SSSR count). The van der Waals surface area contributed by atoms with Gasteiger partial charge in [-0.15, -0.1) is 0 Å². The van der Waals surface area contributed by atoms with E-state index < -0.39 is 5.92 Å². The van der Waals surface area contributed by atoms with Gasteiger partial charge < -0.3 is 20.4 Å². The Morgan fingerprint density at radius 2 is 1.25 bits per heavy atom. The van der Waals surface area contributed by atoms with Crippen molar-refractivity contribution in [3.8, 4) is 23.0 Å². The molecular weight excluding hydrogens is 400 g/mol. The van der Waals surface area contributed by atoms with Gasteiger partial charge in [0.1, 0.15) is 23.0 Å². The largest absolute Gasteiger partial charge is 0.508 e. The first-order chi connectivity index (χ1) is 15.5. The van der Waals surface area contributed by atoms with Crippen molar-refractivity contribution < 1.29 is 20.4 Å². The fourth-order valence-electron chi connectivity index (χ4n) is 5.23. The Morgan fingerprint density at radius 3 is 1.72 bits per heavy atom. The van der Waals surface area contributed by atoms with Gasteiger partial charge in [-0.25, -0.2) is 0 Å². The maximum absolute atomic E-state index is 10.6. The highest BCUT2D eigenvalue weighted by Crippen LogP contribution is 2.43. The van der Waals surface area contributed by atoms with E-state index in [1.807, 2.05) is 0 Å². The van der Waals surface area contributed by atoms with E-state index in [1.165, 1.54) is 68.4 Å². The Bertz CT molecular complexity index is 998. The molecule has 0 aliphatic heterocycles. The number of aromatic hydroxyl groups is 4. The van der Waals surface area contributed by atoms with Gasteiger partial charge in [0.05, 0.1) is 0 Å². The van der Waals surface area contributed by atoms with Crippen molar-refractivity contribution in [1.82, 2.24) is 0 Å². The third-order valence-electron chi connectivity index (χ3n) is 6.93. The normalized spacial score (nSPS) is 18.7. The van der Waals surface area contributed by atoms with Crippen LogP contribution in [0.4, 0.5) is 0 Å². The summed E-state index contributed by atoms with van der Waals surface area (Å²) in [6, 6.07) is 17.5. The molecule has 0 spiro atoms. The lowest BCUT2D eigenvalue weighted by Gasteiger charge is -2.29. The molecule has 0 saturated heterocycles. The fraction of sp³-hybridized carbons (Fsp3) is 0.357. The number of phenols is 4. The van der Waals surface area contributed by atoms with E-state index in [4.69, 9.17) is 0 Å². The smallest absolute Gasteiger partial charge is 0.123 e. The molecule has 32 heavy (non-hydrogen) atoms. The third-order valence-corrected chi connectivity index (χ3v) is 6.93. The molecule has 0 unspecified atom stereocenters. The molecule has 0 atom stereocenters. The first kappa shape index (κ1) is 22.1. The molecule has 4 heteroatoms. The minimum atomic E-state index is -0.439. The maximum atomic E-state index is 10.6. The van der Waals surface area contributed by atoms with E-state index in [2.05, 4.69) is 31.2 Å². The van der Waals surface area contributed by atoms with Gasteiger partial charge in [-0.1, -0.05) is 56.2 Å². The fourth-order valence-corrected chi connectivity index (χ4v) is 5.23. The van der Waals surface area contributed by atoms with Crippen LogP contribution in [-0.4, -0.2) is 20.4 Å². The first-order valence-corrected chi connectivity index (χ1v) is 11.6. The van der Waals surface area contributed by atoms with Crippen LogP contribution in [0.2, 0.25) is 0 Å². The maximum Gasteiger partial charge on any atom is 0.123 e. The number of rotatable bonds is 6. The predicted octanol–water partition coefficient (Wildman–Crippen LogP) is 6.76. The van der Waals surface area contributed by atoms with Crippen LogP contribution in [0.5, 0.6) is 23.0 Å². The monoisotopic (exact) mass is 432 g/mol. The Labute approximate surface area is 189 Å². The molecule has 4 N–H and O–H groups in total. The van der Waals surface area contributed by atoms with Crippen LogP contribution in [0.15, 0.2) is 60.7 Å². The minimum absolute atomic E-state index is 0.0195. The van der Waals surface area contributed by atoms with Crippen LogP contribution < -0.4 is 0 Å². The van der Waals surface area contributed by atoms with E-state index in [-0.39, 0.29) is 23.0 Å². The van der Waals surface area contributed by atoms with Gasteiger partial charge in [0.25, 0.3) is 0 Å². The van der Waals surface area contributed by atoms with Gasteiger partial charge in [0.2, 0.25) is 0 Å². The Hall–Kier alpha value is -3.14. The topological polar surface area (TPSA) is 80.9 Å². The van der Waals surface area contributed by atoms with Gasteiger partial charge in [0, 0.05) is 29.2 Å². The van der Waals surface area contributed by atoms with Crippen LogP contribution in [-0.2, 0) is 0 Å². The van der Waals surface area contributed by atoms with Gasteiger partial charge in [-0.05, 0) is 60.8 Å². The summed E-state index contributed by atoms with van der Waals surface area (Å²) >= 11 is 0. The van der Waals surface area contributed by atoms with Crippen LogP contribution >= 0.6 is 0 Å². The zero-order valence-electron chi connectivity index (χ0n) is 18.5. The number of hydrogen-bond donors (Lipinski definition) is 4. The summed E-state index contributed by atoms with van der Waals surface area (Å²) in [5, 5.41) is 40.6. The zero-order valence-corrected chi connectivity index (χ0v) is 18.5. The van der Waals surface area contributed by atoms with Crippen molar-refractivity contribution in [2.45, 2.75) is 57.3 Å². The second-order valence-corrected chi connectivity index (χ2v) is 9.09. The van der Waals surface area contributed by atoms with Gasteiger partial charge in [-0.2, -0.15) is 0 Å². The molecule has 0 bridgehead atoms. The zero-order chi connectivity index (χ0) is 22.7. The minimum Gasteiger partial charge on any atom is -0.508 e.